The second-order valence-corrected chi connectivity index (χ2v) is 5.95. The Kier molecular flexibility index (Phi) is 3.03. The van der Waals surface area contributed by atoms with Crippen LogP contribution in [-0.2, 0) is 0 Å². The number of phenolic OH excluding ortho intramolecular Hbond substituents is 1. The minimum atomic E-state index is 0.130. The third-order valence-electron chi connectivity index (χ3n) is 1.83. The maximum atomic E-state index is 9.28. The molecule has 14 heavy (non-hydrogen) atoms. The Morgan fingerprint density at radius 2 is 2.07 bits per heavy atom. The molecule has 4 heteroatoms. The van der Waals surface area contributed by atoms with Crippen molar-refractivity contribution in [2.24, 2.45) is 0 Å². The monoisotopic (exact) mass is 336 g/mol. The van der Waals surface area contributed by atoms with Crippen molar-refractivity contribution < 1.29 is 5.11 Å². The van der Waals surface area contributed by atoms with Gasteiger partial charge in [-0.25, -0.2) is 0 Å². The van der Waals surface area contributed by atoms with Crippen molar-refractivity contribution in [3.63, 3.8) is 0 Å². The van der Waals surface area contributed by atoms with Crippen LogP contribution in [0.15, 0.2) is 33.7 Å². The number of halogens is 2. The zero-order chi connectivity index (χ0) is 10.1. The number of rotatable bonds is 1. The molecule has 0 fully saturated rings. The predicted molar refractivity (Wildman–Crippen MR) is 63.2 cm³/mol. The molecule has 0 saturated carbocycles. The standard InChI is InChI=1S/C10H6BrClOSe/c11-7-3-4-14-10(7)6-1-2-9(13)8(12)5-6/h1-5,13H. The molecule has 0 radical (unpaired) electrons. The summed E-state index contributed by atoms with van der Waals surface area (Å²) in [5.74, 6) is 0.130. The second kappa shape index (κ2) is 4.11. The molecule has 0 amide bonds. The van der Waals surface area contributed by atoms with Crippen molar-refractivity contribution in [1.82, 2.24) is 0 Å². The van der Waals surface area contributed by atoms with Gasteiger partial charge in [0.15, 0.2) is 0 Å². The third-order valence-corrected chi connectivity index (χ3v) is 5.40. The summed E-state index contributed by atoms with van der Waals surface area (Å²) in [6.07, 6.45) is 0. The molecular formula is C10H6BrClOSe. The van der Waals surface area contributed by atoms with E-state index in [0.29, 0.717) is 19.5 Å². The summed E-state index contributed by atoms with van der Waals surface area (Å²) < 4.78 is 2.37. The second-order valence-electron chi connectivity index (χ2n) is 2.76. The van der Waals surface area contributed by atoms with Crippen molar-refractivity contribution in [2.45, 2.75) is 0 Å². The Morgan fingerprint density at radius 1 is 1.29 bits per heavy atom. The zero-order valence-corrected chi connectivity index (χ0v) is 11.1. The summed E-state index contributed by atoms with van der Waals surface area (Å²) in [5.41, 5.74) is 1.07. The van der Waals surface area contributed by atoms with E-state index in [1.54, 1.807) is 12.1 Å². The molecule has 0 atom stereocenters. The summed E-state index contributed by atoms with van der Waals surface area (Å²) in [7, 11) is 0. The molecule has 0 spiro atoms. The van der Waals surface area contributed by atoms with Crippen molar-refractivity contribution in [3.8, 4) is 15.8 Å². The number of hydrogen-bond donors (Lipinski definition) is 1. The molecule has 0 saturated heterocycles. The van der Waals surface area contributed by atoms with Gasteiger partial charge in [0.05, 0.1) is 0 Å². The van der Waals surface area contributed by atoms with Crippen LogP contribution >= 0.6 is 27.5 Å². The molecule has 0 aliphatic rings. The van der Waals surface area contributed by atoms with Gasteiger partial charge in [0.2, 0.25) is 0 Å². The first kappa shape index (κ1) is 10.3. The van der Waals surface area contributed by atoms with E-state index >= 15 is 0 Å². The van der Waals surface area contributed by atoms with Crippen LogP contribution in [-0.4, -0.2) is 19.6 Å². The molecule has 1 aromatic carbocycles. The average Bonchev–Trinajstić information content (AvgIpc) is 2.57. The molecule has 0 bridgehead atoms. The molecule has 1 aromatic heterocycles. The maximum absolute atomic E-state index is 9.28. The van der Waals surface area contributed by atoms with Crippen molar-refractivity contribution >= 4 is 42.0 Å². The Hall–Kier alpha value is -0.211. The number of phenols is 1. The summed E-state index contributed by atoms with van der Waals surface area (Å²) in [6.45, 7) is 0. The summed E-state index contributed by atoms with van der Waals surface area (Å²) >= 11 is 9.69. The SMILES string of the molecule is Oc1ccc(-c2[se]ccc2Br)cc1Cl. The van der Waals surface area contributed by atoms with Crippen LogP contribution in [0.5, 0.6) is 5.75 Å². The summed E-state index contributed by atoms with van der Waals surface area (Å²) in [6, 6.07) is 7.35. The van der Waals surface area contributed by atoms with Gasteiger partial charge in [0, 0.05) is 0 Å². The molecule has 2 rings (SSSR count). The number of aromatic hydroxyl groups is 1. The molecule has 0 aliphatic heterocycles. The fourth-order valence-corrected chi connectivity index (χ4v) is 4.21. The molecule has 0 unspecified atom stereocenters. The van der Waals surface area contributed by atoms with Crippen molar-refractivity contribution in [1.29, 1.82) is 0 Å². The zero-order valence-electron chi connectivity index (χ0n) is 7.00. The van der Waals surface area contributed by atoms with Gasteiger partial charge < -0.3 is 0 Å². The number of benzene rings is 1. The Morgan fingerprint density at radius 3 is 2.64 bits per heavy atom. The van der Waals surface area contributed by atoms with E-state index in [2.05, 4.69) is 26.9 Å². The van der Waals surface area contributed by atoms with Gasteiger partial charge in [0.25, 0.3) is 0 Å². The van der Waals surface area contributed by atoms with Gasteiger partial charge in [0.1, 0.15) is 0 Å². The van der Waals surface area contributed by atoms with Crippen LogP contribution in [0.4, 0.5) is 0 Å². The van der Waals surface area contributed by atoms with Gasteiger partial charge in [-0.3, -0.25) is 0 Å². The van der Waals surface area contributed by atoms with Gasteiger partial charge >= 0.3 is 102 Å². The van der Waals surface area contributed by atoms with E-state index in [1.807, 2.05) is 6.07 Å². The van der Waals surface area contributed by atoms with Crippen LogP contribution in [0.1, 0.15) is 0 Å². The summed E-state index contributed by atoms with van der Waals surface area (Å²) in [4.78, 5) is 2.15. The van der Waals surface area contributed by atoms with Crippen LogP contribution in [0.25, 0.3) is 10.0 Å². The quantitative estimate of drug-likeness (QED) is 0.790. The first-order valence-electron chi connectivity index (χ1n) is 3.90. The van der Waals surface area contributed by atoms with Crippen LogP contribution in [0.3, 0.4) is 0 Å². The molecule has 72 valence electrons. The van der Waals surface area contributed by atoms with Crippen molar-refractivity contribution in [3.05, 3.63) is 38.7 Å². The Bertz CT molecular complexity index is 467. The normalized spacial score (nSPS) is 10.4. The fraction of sp³-hybridized carbons (Fsp3) is 0. The fourth-order valence-electron chi connectivity index (χ4n) is 1.15. The molecular weight excluding hydrogens is 330 g/mol. The van der Waals surface area contributed by atoms with E-state index in [4.69, 9.17) is 11.6 Å². The molecule has 2 aromatic rings. The Labute approximate surface area is 101 Å². The average molecular weight is 336 g/mol. The van der Waals surface area contributed by atoms with Crippen LogP contribution < -0.4 is 0 Å². The molecule has 1 N–H and O–H groups in total. The summed E-state index contributed by atoms with van der Waals surface area (Å²) in [5, 5.41) is 9.68. The topological polar surface area (TPSA) is 20.2 Å². The predicted octanol–water partition coefficient (Wildman–Crippen LogP) is 3.53. The van der Waals surface area contributed by atoms with Gasteiger partial charge in [-0.1, -0.05) is 0 Å². The number of hydrogen-bond acceptors (Lipinski definition) is 1. The third kappa shape index (κ3) is 1.91. The van der Waals surface area contributed by atoms with E-state index in [0.717, 1.165) is 10.0 Å². The van der Waals surface area contributed by atoms with Gasteiger partial charge in [-0.2, -0.15) is 0 Å². The van der Waals surface area contributed by atoms with Crippen LogP contribution in [0.2, 0.25) is 5.02 Å². The molecule has 1 nitrogen and oxygen atoms in total. The van der Waals surface area contributed by atoms with E-state index in [-0.39, 0.29) is 5.75 Å². The first-order chi connectivity index (χ1) is 6.68. The van der Waals surface area contributed by atoms with Gasteiger partial charge in [-0.05, 0) is 0 Å². The Balaban J connectivity index is 2.53. The van der Waals surface area contributed by atoms with E-state index in [9.17, 15) is 5.11 Å². The minimum absolute atomic E-state index is 0.130. The van der Waals surface area contributed by atoms with E-state index < -0.39 is 0 Å². The van der Waals surface area contributed by atoms with Crippen molar-refractivity contribution in [2.75, 3.05) is 0 Å². The van der Waals surface area contributed by atoms with Gasteiger partial charge in [-0.15, -0.1) is 0 Å². The van der Waals surface area contributed by atoms with Crippen LogP contribution in [0, 0.1) is 0 Å². The van der Waals surface area contributed by atoms with E-state index in [1.165, 1.54) is 4.44 Å². The molecule has 0 aliphatic carbocycles. The first-order valence-corrected chi connectivity index (χ1v) is 6.92. The molecule has 1 heterocycles.